The van der Waals surface area contributed by atoms with E-state index in [-0.39, 0.29) is 28.6 Å². The fourth-order valence-electron chi connectivity index (χ4n) is 3.16. The number of nitrogens with zero attached hydrogens (tertiary/aromatic N) is 1. The van der Waals surface area contributed by atoms with E-state index in [1.807, 2.05) is 4.90 Å². The van der Waals surface area contributed by atoms with Crippen molar-refractivity contribution in [2.45, 2.75) is 18.1 Å². The molecule has 1 aliphatic rings. The van der Waals surface area contributed by atoms with Crippen molar-refractivity contribution in [2.24, 2.45) is 5.14 Å². The van der Waals surface area contributed by atoms with Crippen LogP contribution >= 0.6 is 0 Å². The number of methoxy groups -OCH3 is 1. The summed E-state index contributed by atoms with van der Waals surface area (Å²) >= 11 is 0. The number of benzene rings is 2. The van der Waals surface area contributed by atoms with Crippen LogP contribution in [0.5, 0.6) is 11.5 Å². The lowest BCUT2D eigenvalue weighted by Crippen LogP contribution is -2.37. The van der Waals surface area contributed by atoms with Crippen molar-refractivity contribution in [3.05, 3.63) is 47.5 Å². The number of alkyl halides is 2. The van der Waals surface area contributed by atoms with Crippen LogP contribution in [-0.2, 0) is 26.1 Å². The smallest absolute Gasteiger partial charge is 0.387 e. The Morgan fingerprint density at radius 3 is 2.50 bits per heavy atom. The molecule has 0 unspecified atom stereocenters. The minimum Gasteiger partial charge on any atom is -0.493 e. The highest BCUT2D eigenvalue weighted by molar-refractivity contribution is 7.89. The number of hydrogen-bond acceptors (Lipinski definition) is 8. The van der Waals surface area contributed by atoms with E-state index in [9.17, 15) is 22.0 Å². The molecule has 2 N–H and O–H groups in total. The number of ether oxygens (including phenoxy) is 4. The van der Waals surface area contributed by atoms with Gasteiger partial charge in [-0.25, -0.2) is 18.4 Å². The van der Waals surface area contributed by atoms with Crippen LogP contribution in [0.25, 0.3) is 0 Å². The Morgan fingerprint density at radius 1 is 1.16 bits per heavy atom. The number of nitrogens with two attached hydrogens (primary N) is 1. The van der Waals surface area contributed by atoms with Crippen molar-refractivity contribution in [3.63, 3.8) is 0 Å². The summed E-state index contributed by atoms with van der Waals surface area (Å²) in [4.78, 5) is 14.5. The zero-order valence-electron chi connectivity index (χ0n) is 17.1. The second-order valence-corrected chi connectivity index (χ2v) is 8.32. The van der Waals surface area contributed by atoms with Gasteiger partial charge in [0.2, 0.25) is 10.0 Å². The van der Waals surface area contributed by atoms with Gasteiger partial charge in [-0.3, -0.25) is 0 Å². The molecule has 2 aromatic carbocycles. The number of carbonyl (C=O) groups excluding carboxylic acids is 1. The van der Waals surface area contributed by atoms with Crippen LogP contribution in [0, 0.1) is 0 Å². The maximum Gasteiger partial charge on any atom is 0.387 e. The average molecular weight is 472 g/mol. The van der Waals surface area contributed by atoms with Crippen molar-refractivity contribution < 1.29 is 40.9 Å². The number of anilines is 1. The highest BCUT2D eigenvalue weighted by atomic mass is 32.2. The van der Waals surface area contributed by atoms with Crippen LogP contribution < -0.4 is 19.5 Å². The van der Waals surface area contributed by atoms with Gasteiger partial charge in [0.1, 0.15) is 6.61 Å². The molecule has 32 heavy (non-hydrogen) atoms. The summed E-state index contributed by atoms with van der Waals surface area (Å²) in [5.74, 6) is -0.888. The SMILES string of the molecule is COc1cc(COC(=O)c2cc(S(N)(=O)=O)ccc2N2CCOCC2)ccc1OC(F)F. The van der Waals surface area contributed by atoms with Gasteiger partial charge in [0.25, 0.3) is 0 Å². The summed E-state index contributed by atoms with van der Waals surface area (Å²) in [6, 6.07) is 8.11. The van der Waals surface area contributed by atoms with E-state index in [0.29, 0.717) is 37.6 Å². The van der Waals surface area contributed by atoms with Crippen LogP contribution in [-0.4, -0.2) is 54.4 Å². The number of hydrogen-bond donors (Lipinski definition) is 1. The fraction of sp³-hybridized carbons (Fsp3) is 0.350. The van der Waals surface area contributed by atoms with E-state index < -0.39 is 22.6 Å². The first-order valence-corrected chi connectivity index (χ1v) is 11.0. The normalized spacial score (nSPS) is 14.3. The van der Waals surface area contributed by atoms with Gasteiger partial charge in [-0.1, -0.05) is 6.07 Å². The Bertz CT molecular complexity index is 1070. The molecule has 2 aromatic rings. The third-order valence-electron chi connectivity index (χ3n) is 4.68. The van der Waals surface area contributed by atoms with Crippen LogP contribution in [0.3, 0.4) is 0 Å². The van der Waals surface area contributed by atoms with Gasteiger partial charge >= 0.3 is 12.6 Å². The topological polar surface area (TPSA) is 117 Å². The van der Waals surface area contributed by atoms with Gasteiger partial charge < -0.3 is 23.8 Å². The lowest BCUT2D eigenvalue weighted by Gasteiger charge is -2.30. The number of primary sulfonamides is 1. The molecule has 9 nitrogen and oxygen atoms in total. The second-order valence-electron chi connectivity index (χ2n) is 6.76. The quantitative estimate of drug-likeness (QED) is 0.581. The molecule has 0 spiro atoms. The fourth-order valence-corrected chi connectivity index (χ4v) is 3.70. The Labute approximate surface area is 183 Å². The maximum absolute atomic E-state index is 12.9. The van der Waals surface area contributed by atoms with Gasteiger partial charge in [0.15, 0.2) is 11.5 Å². The Hall–Kier alpha value is -2.96. The summed E-state index contributed by atoms with van der Waals surface area (Å²) in [5, 5.41) is 5.21. The first-order chi connectivity index (χ1) is 15.2. The van der Waals surface area contributed by atoms with Crippen molar-refractivity contribution in [1.29, 1.82) is 0 Å². The third kappa shape index (κ3) is 5.84. The Balaban J connectivity index is 1.83. The molecule has 0 amide bonds. The molecular weight excluding hydrogens is 450 g/mol. The summed E-state index contributed by atoms with van der Waals surface area (Å²) in [6.45, 7) is -1.30. The molecule has 174 valence electrons. The van der Waals surface area contributed by atoms with E-state index in [4.69, 9.17) is 19.3 Å². The summed E-state index contributed by atoms with van der Waals surface area (Å²) in [5.41, 5.74) is 0.972. The van der Waals surface area contributed by atoms with Crippen molar-refractivity contribution in [2.75, 3.05) is 38.3 Å². The van der Waals surface area contributed by atoms with Crippen molar-refractivity contribution in [1.82, 2.24) is 0 Å². The maximum atomic E-state index is 12.9. The predicted molar refractivity (Wildman–Crippen MR) is 110 cm³/mol. The minimum absolute atomic E-state index is 0.0306. The summed E-state index contributed by atoms with van der Waals surface area (Å²) in [6.07, 6.45) is 0. The van der Waals surface area contributed by atoms with Gasteiger partial charge in [-0.2, -0.15) is 8.78 Å². The molecule has 1 aliphatic heterocycles. The largest absolute Gasteiger partial charge is 0.493 e. The molecule has 1 heterocycles. The van der Waals surface area contributed by atoms with Crippen LogP contribution in [0.1, 0.15) is 15.9 Å². The minimum atomic E-state index is -4.04. The average Bonchev–Trinajstić information content (AvgIpc) is 2.77. The molecule has 12 heteroatoms. The number of esters is 1. The Morgan fingerprint density at radius 2 is 1.88 bits per heavy atom. The number of rotatable bonds is 8. The standard InChI is InChI=1S/C20H22F2N2O7S/c1-28-18-10-13(2-5-17(18)31-20(21)22)12-30-19(25)15-11-14(32(23,26)27)3-4-16(15)24-6-8-29-9-7-24/h2-5,10-11,20H,6-9,12H2,1H3,(H2,23,26,27). The number of halogens is 2. The third-order valence-corrected chi connectivity index (χ3v) is 5.59. The lowest BCUT2D eigenvalue weighted by molar-refractivity contribution is -0.0512. The lowest BCUT2D eigenvalue weighted by atomic mass is 10.1. The molecule has 0 saturated carbocycles. The van der Waals surface area contributed by atoms with E-state index in [1.54, 1.807) is 0 Å². The zero-order chi connectivity index (χ0) is 23.3. The van der Waals surface area contributed by atoms with Crippen LogP contribution in [0.15, 0.2) is 41.3 Å². The van der Waals surface area contributed by atoms with E-state index >= 15 is 0 Å². The van der Waals surface area contributed by atoms with E-state index in [0.717, 1.165) is 0 Å². The van der Waals surface area contributed by atoms with Gasteiger partial charge in [-0.05, 0) is 35.9 Å². The monoisotopic (exact) mass is 472 g/mol. The van der Waals surface area contributed by atoms with Crippen molar-refractivity contribution >= 4 is 21.7 Å². The number of morpholine rings is 1. The molecule has 0 radical (unpaired) electrons. The number of sulfonamides is 1. The van der Waals surface area contributed by atoms with Gasteiger partial charge in [0, 0.05) is 13.1 Å². The predicted octanol–water partition coefficient (Wildman–Crippen LogP) is 2.14. The molecule has 0 aliphatic carbocycles. The summed E-state index contributed by atoms with van der Waals surface area (Å²) in [7, 11) is -2.75. The second kappa shape index (κ2) is 10.1. The van der Waals surface area contributed by atoms with Crippen LogP contribution in [0.4, 0.5) is 14.5 Å². The van der Waals surface area contributed by atoms with E-state index in [2.05, 4.69) is 4.74 Å². The molecule has 1 saturated heterocycles. The zero-order valence-corrected chi connectivity index (χ0v) is 17.9. The highest BCUT2D eigenvalue weighted by Gasteiger charge is 2.23. The van der Waals surface area contributed by atoms with Gasteiger partial charge in [-0.15, -0.1) is 0 Å². The van der Waals surface area contributed by atoms with Crippen molar-refractivity contribution in [3.8, 4) is 11.5 Å². The highest BCUT2D eigenvalue weighted by Crippen LogP contribution is 2.30. The molecule has 0 atom stereocenters. The first-order valence-electron chi connectivity index (χ1n) is 9.47. The van der Waals surface area contributed by atoms with Crippen LogP contribution in [0.2, 0.25) is 0 Å². The first kappa shape index (κ1) is 23.7. The molecular formula is C20H22F2N2O7S. The molecule has 3 rings (SSSR count). The van der Waals surface area contributed by atoms with Gasteiger partial charge in [0.05, 0.1) is 36.5 Å². The Kier molecular flexibility index (Phi) is 7.48. The van der Waals surface area contributed by atoms with E-state index in [1.165, 1.54) is 43.5 Å². The molecule has 1 fully saturated rings. The molecule has 0 aromatic heterocycles. The molecule has 0 bridgehead atoms. The summed E-state index contributed by atoms with van der Waals surface area (Å²) < 4.78 is 68.6. The number of carbonyl (C=O) groups is 1.